The van der Waals surface area contributed by atoms with Crippen LogP contribution in [0.3, 0.4) is 0 Å². The molecule has 11 nitrogen and oxygen atoms in total. The lowest BCUT2D eigenvalue weighted by Crippen LogP contribution is -2.55. The predicted molar refractivity (Wildman–Crippen MR) is 137 cm³/mol. The normalized spacial score (nSPS) is 17.9. The number of hydrogen-bond acceptors (Lipinski definition) is 9. The van der Waals surface area contributed by atoms with Crippen molar-refractivity contribution in [1.29, 1.82) is 0 Å². The molecule has 36 heavy (non-hydrogen) atoms. The van der Waals surface area contributed by atoms with Gasteiger partial charge in [0.15, 0.2) is 11.0 Å². The summed E-state index contributed by atoms with van der Waals surface area (Å²) in [7, 11) is 3.06. The Morgan fingerprint density at radius 3 is 2.72 bits per heavy atom. The van der Waals surface area contributed by atoms with Crippen molar-refractivity contribution in [3.63, 3.8) is 0 Å². The average molecular weight is 556 g/mol. The van der Waals surface area contributed by atoms with E-state index in [9.17, 15) is 9.59 Å². The molecule has 4 rings (SSSR count). The highest BCUT2D eigenvalue weighted by Crippen LogP contribution is 2.34. The smallest absolute Gasteiger partial charge is 0.350 e. The third-order valence-corrected chi connectivity index (χ3v) is 7.92. The molecular formula is C22H27Cl2N7O4S. The van der Waals surface area contributed by atoms with Gasteiger partial charge in [0.25, 0.3) is 5.91 Å². The zero-order chi connectivity index (χ0) is 26.0. The van der Waals surface area contributed by atoms with Gasteiger partial charge in [-0.1, -0.05) is 41.5 Å². The van der Waals surface area contributed by atoms with E-state index in [1.807, 2.05) is 11.8 Å². The van der Waals surface area contributed by atoms with E-state index in [4.69, 9.17) is 37.7 Å². The van der Waals surface area contributed by atoms with Crippen molar-refractivity contribution < 1.29 is 19.1 Å². The SMILES string of the molecule is CCCO[C@H]1CN(c2nc(-c3ncnn3C)c(C(=O)OC)s2)CC[C@H]1NC(=O)c1[nH]c(C)c(Cl)c1Cl. The fourth-order valence-corrected chi connectivity index (χ4v) is 5.43. The van der Waals surface area contributed by atoms with Crippen LogP contribution in [0.1, 0.15) is 45.6 Å². The van der Waals surface area contributed by atoms with Crippen LogP contribution in [0.2, 0.25) is 10.0 Å². The summed E-state index contributed by atoms with van der Waals surface area (Å²) in [5, 5.41) is 8.30. The minimum absolute atomic E-state index is 0.199. The number of piperidine rings is 1. The van der Waals surface area contributed by atoms with Crippen LogP contribution in [0.5, 0.6) is 0 Å². The van der Waals surface area contributed by atoms with Crippen LogP contribution < -0.4 is 10.2 Å². The van der Waals surface area contributed by atoms with Crippen molar-refractivity contribution in [3.05, 3.63) is 32.6 Å². The average Bonchev–Trinajstić information content (AvgIpc) is 3.56. The molecular weight excluding hydrogens is 529 g/mol. The van der Waals surface area contributed by atoms with E-state index in [-0.39, 0.29) is 28.8 Å². The monoisotopic (exact) mass is 555 g/mol. The number of nitrogens with one attached hydrogen (secondary N) is 2. The maximum Gasteiger partial charge on any atom is 0.350 e. The molecule has 4 heterocycles. The van der Waals surface area contributed by atoms with Crippen molar-refractivity contribution in [2.75, 3.05) is 31.7 Å². The molecule has 1 saturated heterocycles. The molecule has 3 aromatic rings. The number of halogens is 2. The van der Waals surface area contributed by atoms with Gasteiger partial charge < -0.3 is 24.7 Å². The van der Waals surface area contributed by atoms with Crippen LogP contribution in [0.25, 0.3) is 11.5 Å². The Bertz CT molecular complexity index is 1260. The molecule has 0 unspecified atom stereocenters. The number of hydrogen-bond donors (Lipinski definition) is 2. The summed E-state index contributed by atoms with van der Waals surface area (Å²) in [5.74, 6) is -0.365. The molecule has 2 N–H and O–H groups in total. The highest BCUT2D eigenvalue weighted by Gasteiger charge is 2.35. The zero-order valence-corrected chi connectivity index (χ0v) is 22.6. The minimum atomic E-state index is -0.491. The number of H-pyrrole nitrogens is 1. The van der Waals surface area contributed by atoms with Crippen molar-refractivity contribution in [1.82, 2.24) is 30.0 Å². The van der Waals surface area contributed by atoms with Crippen molar-refractivity contribution in [3.8, 4) is 11.5 Å². The number of carbonyl (C=O) groups excluding carboxylic acids is 2. The summed E-state index contributed by atoms with van der Waals surface area (Å²) in [6, 6.07) is -0.253. The van der Waals surface area contributed by atoms with E-state index < -0.39 is 5.97 Å². The largest absolute Gasteiger partial charge is 0.465 e. The summed E-state index contributed by atoms with van der Waals surface area (Å²) in [4.78, 5) is 39.7. The Kier molecular flexibility index (Phi) is 8.18. The van der Waals surface area contributed by atoms with E-state index in [0.717, 1.165) is 6.42 Å². The first kappa shape index (κ1) is 26.4. The van der Waals surface area contributed by atoms with Crippen molar-refractivity contribution in [2.24, 2.45) is 7.05 Å². The van der Waals surface area contributed by atoms with Gasteiger partial charge in [-0.3, -0.25) is 4.79 Å². The number of aromatic amines is 1. The molecule has 194 valence electrons. The van der Waals surface area contributed by atoms with E-state index in [2.05, 4.69) is 20.4 Å². The van der Waals surface area contributed by atoms with Crippen LogP contribution in [0.15, 0.2) is 6.33 Å². The maximum absolute atomic E-state index is 13.0. The number of nitrogens with zero attached hydrogens (tertiary/aromatic N) is 5. The Balaban J connectivity index is 1.56. The first-order valence-corrected chi connectivity index (χ1v) is 13.0. The minimum Gasteiger partial charge on any atom is -0.465 e. The number of aryl methyl sites for hydroxylation is 2. The van der Waals surface area contributed by atoms with Gasteiger partial charge in [0, 0.05) is 32.4 Å². The van der Waals surface area contributed by atoms with Gasteiger partial charge in [0.2, 0.25) is 0 Å². The molecule has 2 atom stereocenters. The molecule has 1 amide bonds. The fraction of sp³-hybridized carbons (Fsp3) is 0.500. The predicted octanol–water partition coefficient (Wildman–Crippen LogP) is 3.47. The standard InChI is InChI=1S/C22H27Cl2N7O4S/c1-5-8-35-13-9-31(7-6-12(13)28-20(32)16-15(24)14(23)11(2)27-16)22-29-17(18(36-22)21(33)34-4)19-25-10-26-30(19)3/h10,12-13,27H,5-9H2,1-4H3,(H,28,32)/t12-,13+/m1/s1. The van der Waals surface area contributed by atoms with Crippen LogP contribution in [0, 0.1) is 6.92 Å². The fourth-order valence-electron chi connectivity index (χ4n) is 4.00. The summed E-state index contributed by atoms with van der Waals surface area (Å²) < 4.78 is 12.7. The molecule has 1 aliphatic rings. The second-order valence-corrected chi connectivity index (χ2v) is 10.1. The number of anilines is 1. The molecule has 14 heteroatoms. The molecule has 3 aromatic heterocycles. The lowest BCUT2D eigenvalue weighted by molar-refractivity contribution is 0.0205. The van der Waals surface area contributed by atoms with Crippen molar-refractivity contribution >= 4 is 51.5 Å². The lowest BCUT2D eigenvalue weighted by Gasteiger charge is -2.38. The Morgan fingerprint density at radius 1 is 1.33 bits per heavy atom. The first-order valence-electron chi connectivity index (χ1n) is 11.4. The number of rotatable bonds is 8. The van der Waals surface area contributed by atoms with Crippen molar-refractivity contribution in [2.45, 2.75) is 38.8 Å². The third kappa shape index (κ3) is 5.22. The number of ether oxygens (including phenoxy) is 2. The second-order valence-electron chi connectivity index (χ2n) is 8.35. The molecule has 0 saturated carbocycles. The molecule has 1 fully saturated rings. The van der Waals surface area contributed by atoms with Gasteiger partial charge in [-0.25, -0.2) is 19.4 Å². The van der Waals surface area contributed by atoms with Gasteiger partial charge in [0.05, 0.1) is 29.3 Å². The summed E-state index contributed by atoms with van der Waals surface area (Å²) in [6.07, 6.45) is 2.52. The Hall–Kier alpha value is -2.67. The third-order valence-electron chi connectivity index (χ3n) is 5.87. The van der Waals surface area contributed by atoms with E-state index in [1.165, 1.54) is 24.8 Å². The quantitative estimate of drug-likeness (QED) is 0.404. The molecule has 0 spiro atoms. The molecule has 0 aromatic carbocycles. The molecule has 0 radical (unpaired) electrons. The number of carbonyl (C=O) groups is 2. The van der Waals surface area contributed by atoms with Gasteiger partial charge in [-0.15, -0.1) is 0 Å². The Labute approximate surface area is 222 Å². The molecule has 0 bridgehead atoms. The Morgan fingerprint density at radius 2 is 2.11 bits per heavy atom. The van der Waals surface area contributed by atoms with Gasteiger partial charge in [0.1, 0.15) is 22.6 Å². The number of methoxy groups -OCH3 is 1. The number of esters is 1. The zero-order valence-electron chi connectivity index (χ0n) is 20.3. The number of thiazole rings is 1. The maximum atomic E-state index is 13.0. The van der Waals surface area contributed by atoms with Gasteiger partial charge >= 0.3 is 5.97 Å². The summed E-state index contributed by atoms with van der Waals surface area (Å²) in [6.45, 7) is 5.36. The van der Waals surface area contributed by atoms with Gasteiger partial charge in [-0.05, 0) is 19.8 Å². The van der Waals surface area contributed by atoms with Gasteiger partial charge in [-0.2, -0.15) is 5.10 Å². The molecule has 1 aliphatic heterocycles. The van der Waals surface area contributed by atoms with E-state index in [0.29, 0.717) is 58.4 Å². The van der Waals surface area contributed by atoms with Crippen LogP contribution in [-0.4, -0.2) is 75.6 Å². The topological polar surface area (TPSA) is 127 Å². The highest BCUT2D eigenvalue weighted by molar-refractivity contribution is 7.17. The molecule has 0 aliphatic carbocycles. The number of aromatic nitrogens is 5. The van der Waals surface area contributed by atoms with Crippen LogP contribution >= 0.6 is 34.5 Å². The highest BCUT2D eigenvalue weighted by atomic mass is 35.5. The van der Waals surface area contributed by atoms with E-state index in [1.54, 1.807) is 18.7 Å². The van der Waals surface area contributed by atoms with Crippen LogP contribution in [0.4, 0.5) is 5.13 Å². The second kappa shape index (κ2) is 11.2. The summed E-state index contributed by atoms with van der Waals surface area (Å²) >= 11 is 13.6. The van der Waals surface area contributed by atoms with Crippen LogP contribution in [-0.2, 0) is 16.5 Å². The summed E-state index contributed by atoms with van der Waals surface area (Å²) in [5.41, 5.74) is 1.27. The van der Waals surface area contributed by atoms with E-state index >= 15 is 0 Å². The number of amides is 1. The lowest BCUT2D eigenvalue weighted by atomic mass is 10.0. The first-order chi connectivity index (χ1) is 17.2.